The summed E-state index contributed by atoms with van der Waals surface area (Å²) < 4.78 is 13.1. The molecule has 1 aliphatic heterocycles. The second-order valence-corrected chi connectivity index (χ2v) is 5.15. The van der Waals surface area contributed by atoms with E-state index in [2.05, 4.69) is 15.0 Å². The van der Waals surface area contributed by atoms with Crippen molar-refractivity contribution in [2.24, 2.45) is 0 Å². The van der Waals surface area contributed by atoms with E-state index < -0.39 is 5.82 Å². The first-order valence-corrected chi connectivity index (χ1v) is 7.08. The third kappa shape index (κ3) is 2.88. The molecule has 0 spiro atoms. The highest BCUT2D eigenvalue weighted by Crippen LogP contribution is 2.14. The van der Waals surface area contributed by atoms with Crippen LogP contribution in [0.3, 0.4) is 0 Å². The molecule has 2 aromatic rings. The Labute approximate surface area is 127 Å². The molecular weight excluding hydrogens is 285 g/mol. The number of nitrogens with zero attached hydrogens (tertiary/aromatic N) is 5. The highest BCUT2D eigenvalue weighted by Gasteiger charge is 2.25. The third-order valence-corrected chi connectivity index (χ3v) is 3.65. The summed E-state index contributed by atoms with van der Waals surface area (Å²) in [5, 5.41) is 0. The Hall–Kier alpha value is -2.57. The van der Waals surface area contributed by atoms with Crippen LogP contribution < -0.4 is 4.90 Å². The number of amides is 1. The van der Waals surface area contributed by atoms with Crippen molar-refractivity contribution in [2.75, 3.05) is 31.1 Å². The van der Waals surface area contributed by atoms with E-state index in [1.54, 1.807) is 30.3 Å². The highest BCUT2D eigenvalue weighted by molar-refractivity contribution is 5.93. The molecule has 0 bridgehead atoms. The number of hydrogen-bond acceptors (Lipinski definition) is 5. The minimum atomic E-state index is -0.430. The van der Waals surface area contributed by atoms with Gasteiger partial charge in [0.25, 0.3) is 5.91 Å². The van der Waals surface area contributed by atoms with Gasteiger partial charge in [0.05, 0.1) is 6.20 Å². The number of pyridine rings is 1. The molecule has 114 valence electrons. The molecule has 0 aliphatic carbocycles. The van der Waals surface area contributed by atoms with E-state index >= 15 is 0 Å². The van der Waals surface area contributed by atoms with Crippen LogP contribution in [-0.2, 0) is 0 Å². The van der Waals surface area contributed by atoms with Gasteiger partial charge >= 0.3 is 0 Å². The second-order valence-electron chi connectivity index (χ2n) is 5.15. The maximum atomic E-state index is 13.1. The predicted octanol–water partition coefficient (Wildman–Crippen LogP) is 1.28. The van der Waals surface area contributed by atoms with Crippen molar-refractivity contribution >= 4 is 11.9 Å². The summed E-state index contributed by atoms with van der Waals surface area (Å²) in [5.74, 6) is 0.0805. The maximum Gasteiger partial charge on any atom is 0.272 e. The number of anilines is 1. The van der Waals surface area contributed by atoms with E-state index in [9.17, 15) is 9.18 Å². The van der Waals surface area contributed by atoms with Crippen LogP contribution in [0, 0.1) is 12.7 Å². The van der Waals surface area contributed by atoms with Gasteiger partial charge in [-0.1, -0.05) is 0 Å². The largest absolute Gasteiger partial charge is 0.337 e. The molecule has 6 nitrogen and oxygen atoms in total. The Bertz CT molecular complexity index is 671. The van der Waals surface area contributed by atoms with Gasteiger partial charge in [-0.2, -0.15) is 0 Å². The second kappa shape index (κ2) is 6.05. The van der Waals surface area contributed by atoms with Gasteiger partial charge < -0.3 is 9.80 Å². The average Bonchev–Trinajstić information content (AvgIpc) is 2.55. The molecule has 1 aliphatic rings. The van der Waals surface area contributed by atoms with E-state index in [1.807, 2.05) is 4.90 Å². The lowest BCUT2D eigenvalue weighted by Crippen LogP contribution is -2.49. The lowest BCUT2D eigenvalue weighted by molar-refractivity contribution is 0.0739. The van der Waals surface area contributed by atoms with Crippen LogP contribution in [0.2, 0.25) is 0 Å². The Kier molecular flexibility index (Phi) is 3.95. The summed E-state index contributed by atoms with van der Waals surface area (Å²) in [6.45, 7) is 4.15. The standard InChI is InChI=1S/C15H16FN5O/c1-11-9-12(16)10-19-13(11)14(22)20-5-7-21(8-6-20)15-17-3-2-4-18-15/h2-4,9-10H,5-8H2,1H3. The molecule has 0 atom stereocenters. The van der Waals surface area contributed by atoms with Crippen LogP contribution in [0.4, 0.5) is 10.3 Å². The number of aryl methyl sites for hydroxylation is 1. The molecule has 3 rings (SSSR count). The van der Waals surface area contributed by atoms with Gasteiger partial charge in [0.15, 0.2) is 0 Å². The zero-order valence-electron chi connectivity index (χ0n) is 12.2. The zero-order chi connectivity index (χ0) is 15.5. The van der Waals surface area contributed by atoms with Crippen LogP contribution in [0.25, 0.3) is 0 Å². The Morgan fingerprint density at radius 1 is 1.14 bits per heavy atom. The zero-order valence-corrected chi connectivity index (χ0v) is 12.2. The van der Waals surface area contributed by atoms with Gasteiger partial charge in [-0.25, -0.2) is 19.3 Å². The SMILES string of the molecule is Cc1cc(F)cnc1C(=O)N1CCN(c2ncccn2)CC1. The topological polar surface area (TPSA) is 62.2 Å². The summed E-state index contributed by atoms with van der Waals surface area (Å²) in [6, 6.07) is 3.10. The number of hydrogen-bond donors (Lipinski definition) is 0. The molecule has 0 N–H and O–H groups in total. The lowest BCUT2D eigenvalue weighted by Gasteiger charge is -2.34. The fourth-order valence-electron chi connectivity index (χ4n) is 2.48. The molecular formula is C15H16FN5O. The van der Waals surface area contributed by atoms with Crippen LogP contribution in [0.15, 0.2) is 30.7 Å². The number of halogens is 1. The van der Waals surface area contributed by atoms with Crippen molar-refractivity contribution in [1.82, 2.24) is 19.9 Å². The number of carbonyl (C=O) groups is 1. The summed E-state index contributed by atoms with van der Waals surface area (Å²) in [6.07, 6.45) is 4.48. The Morgan fingerprint density at radius 3 is 2.45 bits per heavy atom. The van der Waals surface area contributed by atoms with Crippen molar-refractivity contribution in [2.45, 2.75) is 6.92 Å². The first-order chi connectivity index (χ1) is 10.6. The Morgan fingerprint density at radius 2 is 1.82 bits per heavy atom. The average molecular weight is 301 g/mol. The fraction of sp³-hybridized carbons (Fsp3) is 0.333. The number of rotatable bonds is 2. The van der Waals surface area contributed by atoms with Gasteiger partial charge in [-0.05, 0) is 24.6 Å². The molecule has 22 heavy (non-hydrogen) atoms. The first kappa shape index (κ1) is 14.4. The summed E-state index contributed by atoms with van der Waals surface area (Å²) >= 11 is 0. The van der Waals surface area contributed by atoms with E-state index in [0.29, 0.717) is 43.4 Å². The van der Waals surface area contributed by atoms with Crippen LogP contribution in [-0.4, -0.2) is 51.9 Å². The predicted molar refractivity (Wildman–Crippen MR) is 79.1 cm³/mol. The molecule has 2 aromatic heterocycles. The molecule has 0 radical (unpaired) electrons. The third-order valence-electron chi connectivity index (χ3n) is 3.65. The van der Waals surface area contributed by atoms with Crippen LogP contribution in [0.5, 0.6) is 0 Å². The van der Waals surface area contributed by atoms with E-state index in [-0.39, 0.29) is 5.91 Å². The van der Waals surface area contributed by atoms with Gasteiger partial charge in [0.1, 0.15) is 11.5 Å². The minimum Gasteiger partial charge on any atom is -0.337 e. The molecule has 1 fully saturated rings. The Balaban J connectivity index is 1.67. The molecule has 1 saturated heterocycles. The number of aromatic nitrogens is 3. The monoisotopic (exact) mass is 301 g/mol. The van der Waals surface area contributed by atoms with Crippen LogP contribution >= 0.6 is 0 Å². The minimum absolute atomic E-state index is 0.161. The first-order valence-electron chi connectivity index (χ1n) is 7.08. The number of carbonyl (C=O) groups excluding carboxylic acids is 1. The summed E-state index contributed by atoms with van der Waals surface area (Å²) in [4.78, 5) is 28.6. The van der Waals surface area contributed by atoms with Crippen molar-refractivity contribution in [3.63, 3.8) is 0 Å². The molecule has 3 heterocycles. The van der Waals surface area contributed by atoms with Crippen molar-refractivity contribution in [3.8, 4) is 0 Å². The molecule has 0 unspecified atom stereocenters. The van der Waals surface area contributed by atoms with Crippen molar-refractivity contribution < 1.29 is 9.18 Å². The van der Waals surface area contributed by atoms with Gasteiger partial charge in [-0.15, -0.1) is 0 Å². The summed E-state index contributed by atoms with van der Waals surface area (Å²) in [5.41, 5.74) is 0.865. The van der Waals surface area contributed by atoms with E-state index in [4.69, 9.17) is 0 Å². The quantitative estimate of drug-likeness (QED) is 0.836. The summed E-state index contributed by atoms with van der Waals surface area (Å²) in [7, 11) is 0. The normalized spacial score (nSPS) is 15.0. The van der Waals surface area contributed by atoms with Crippen molar-refractivity contribution in [1.29, 1.82) is 0 Å². The van der Waals surface area contributed by atoms with Crippen molar-refractivity contribution in [3.05, 3.63) is 47.8 Å². The lowest BCUT2D eigenvalue weighted by atomic mass is 10.2. The fourth-order valence-corrected chi connectivity index (χ4v) is 2.48. The molecule has 1 amide bonds. The molecule has 0 aromatic carbocycles. The van der Waals surface area contributed by atoms with Gasteiger partial charge in [-0.3, -0.25) is 4.79 Å². The van der Waals surface area contributed by atoms with Gasteiger partial charge in [0, 0.05) is 38.6 Å². The smallest absolute Gasteiger partial charge is 0.272 e. The number of piperazine rings is 1. The van der Waals surface area contributed by atoms with E-state index in [0.717, 1.165) is 6.20 Å². The molecule has 7 heteroatoms. The highest BCUT2D eigenvalue weighted by atomic mass is 19.1. The van der Waals surface area contributed by atoms with Gasteiger partial charge in [0.2, 0.25) is 5.95 Å². The molecule has 0 saturated carbocycles. The maximum absolute atomic E-state index is 13.1. The van der Waals surface area contributed by atoms with Crippen LogP contribution in [0.1, 0.15) is 16.1 Å². The van der Waals surface area contributed by atoms with E-state index in [1.165, 1.54) is 6.07 Å².